The third-order valence-electron chi connectivity index (χ3n) is 7.04. The summed E-state index contributed by atoms with van der Waals surface area (Å²) in [5.74, 6) is 0.928. The summed E-state index contributed by atoms with van der Waals surface area (Å²) in [4.78, 5) is 15.8. The smallest absolute Gasteiger partial charge is 0.416 e. The van der Waals surface area contributed by atoms with E-state index in [9.17, 15) is 18.0 Å². The zero-order valence-electron chi connectivity index (χ0n) is 22.4. The van der Waals surface area contributed by atoms with Crippen molar-refractivity contribution in [2.45, 2.75) is 25.6 Å². The van der Waals surface area contributed by atoms with Crippen LogP contribution in [0.1, 0.15) is 38.9 Å². The summed E-state index contributed by atoms with van der Waals surface area (Å²) in [6, 6.07) is 14.5. The van der Waals surface area contributed by atoms with Gasteiger partial charge in [0.15, 0.2) is 11.5 Å². The van der Waals surface area contributed by atoms with Gasteiger partial charge in [-0.2, -0.15) is 13.2 Å². The average molecular weight is 587 g/mol. The first-order valence-electron chi connectivity index (χ1n) is 12.7. The van der Waals surface area contributed by atoms with Crippen molar-refractivity contribution in [3.8, 4) is 28.5 Å². The summed E-state index contributed by atoms with van der Waals surface area (Å²) in [7, 11) is 3.03. The summed E-state index contributed by atoms with van der Waals surface area (Å²) in [5.41, 5.74) is 1.87. The Kier molecular flexibility index (Phi) is 7.86. The summed E-state index contributed by atoms with van der Waals surface area (Å²) in [6.07, 6.45) is -4.03. The van der Waals surface area contributed by atoms with Crippen LogP contribution in [0.3, 0.4) is 0 Å². The lowest BCUT2D eigenvalue weighted by Gasteiger charge is -2.37. The van der Waals surface area contributed by atoms with Crippen LogP contribution in [-0.4, -0.2) is 43.3 Å². The van der Waals surface area contributed by atoms with Gasteiger partial charge in [-0.3, -0.25) is 4.79 Å². The van der Waals surface area contributed by atoms with Crippen LogP contribution in [-0.2, 0) is 12.6 Å². The summed E-state index contributed by atoms with van der Waals surface area (Å²) in [5, 5.41) is 4.53. The Bertz CT molecular complexity index is 1590. The number of aryl methyl sites for hydroxylation is 1. The second-order valence-corrected chi connectivity index (χ2v) is 9.86. The monoisotopic (exact) mass is 586 g/mol. The zero-order valence-corrected chi connectivity index (χ0v) is 23.2. The van der Waals surface area contributed by atoms with E-state index < -0.39 is 17.8 Å². The van der Waals surface area contributed by atoms with Gasteiger partial charge in [0.1, 0.15) is 29.4 Å². The molecule has 1 unspecified atom stereocenters. The van der Waals surface area contributed by atoms with E-state index in [1.165, 1.54) is 26.4 Å². The van der Waals surface area contributed by atoms with E-state index in [-0.39, 0.29) is 23.8 Å². The topological polar surface area (TPSA) is 74.0 Å². The number of benzene rings is 3. The number of hydrogen-bond acceptors (Lipinski definition) is 6. The van der Waals surface area contributed by atoms with Crippen LogP contribution in [0.5, 0.6) is 17.2 Å². The van der Waals surface area contributed by atoms with Crippen molar-refractivity contribution < 1.29 is 36.7 Å². The molecule has 1 atom stereocenters. The number of carbonyl (C=O) groups is 1. The van der Waals surface area contributed by atoms with Crippen molar-refractivity contribution in [1.29, 1.82) is 0 Å². The van der Waals surface area contributed by atoms with E-state index in [4.69, 9.17) is 30.3 Å². The number of alkyl halides is 3. The van der Waals surface area contributed by atoms with E-state index >= 15 is 0 Å². The molecule has 0 fully saturated rings. The first-order chi connectivity index (χ1) is 19.6. The number of aromatic nitrogens is 1. The molecule has 41 heavy (non-hydrogen) atoms. The molecule has 0 radical (unpaired) electrons. The lowest BCUT2D eigenvalue weighted by Crippen LogP contribution is -2.43. The van der Waals surface area contributed by atoms with Crippen LogP contribution in [0.2, 0.25) is 5.02 Å². The minimum absolute atomic E-state index is 0.0257. The minimum atomic E-state index is -4.52. The van der Waals surface area contributed by atoms with Crippen LogP contribution >= 0.6 is 11.6 Å². The molecule has 3 aromatic carbocycles. The number of fused-ring (bicyclic) bond motifs is 1. The molecule has 0 bridgehead atoms. The van der Waals surface area contributed by atoms with Crippen LogP contribution < -0.4 is 14.2 Å². The van der Waals surface area contributed by atoms with Gasteiger partial charge in [0, 0.05) is 12.1 Å². The fourth-order valence-corrected chi connectivity index (χ4v) is 5.22. The molecule has 0 saturated carbocycles. The predicted octanol–water partition coefficient (Wildman–Crippen LogP) is 7.16. The van der Waals surface area contributed by atoms with Crippen molar-refractivity contribution in [3.63, 3.8) is 0 Å². The molecular formula is C30H26ClF3N2O5. The van der Waals surface area contributed by atoms with Crippen LogP contribution in [0.25, 0.3) is 11.3 Å². The molecule has 0 N–H and O–H groups in total. The van der Waals surface area contributed by atoms with Crippen molar-refractivity contribution in [2.24, 2.45) is 0 Å². The lowest BCUT2D eigenvalue weighted by molar-refractivity contribution is -0.137. The Labute approximate surface area is 239 Å². The molecule has 4 aromatic rings. The van der Waals surface area contributed by atoms with Crippen LogP contribution in [0, 0.1) is 6.92 Å². The average Bonchev–Trinajstić information content (AvgIpc) is 3.35. The molecule has 0 spiro atoms. The number of ether oxygens (including phenoxy) is 3. The maximum Gasteiger partial charge on any atom is 0.416 e. The Balaban J connectivity index is 1.56. The SMILES string of the molecule is COc1cc2c(cc1OC)C(COc1cccc(C(F)(F)F)c1)N(C(=O)c1c(-c3ccccc3Cl)noc1C)CC2. The van der Waals surface area contributed by atoms with Gasteiger partial charge in [-0.1, -0.05) is 41.0 Å². The van der Waals surface area contributed by atoms with Gasteiger partial charge in [0.2, 0.25) is 0 Å². The zero-order chi connectivity index (χ0) is 29.3. The van der Waals surface area contributed by atoms with Crippen LogP contribution in [0.4, 0.5) is 13.2 Å². The molecule has 0 aliphatic carbocycles. The van der Waals surface area contributed by atoms with Crippen molar-refractivity contribution in [2.75, 3.05) is 27.4 Å². The maximum absolute atomic E-state index is 14.2. The first kappa shape index (κ1) is 28.4. The molecule has 0 saturated heterocycles. The molecule has 214 valence electrons. The Hall–Kier alpha value is -4.18. The predicted molar refractivity (Wildman–Crippen MR) is 146 cm³/mol. The second kappa shape index (κ2) is 11.4. The molecular weight excluding hydrogens is 561 g/mol. The Morgan fingerprint density at radius 2 is 1.80 bits per heavy atom. The molecule has 7 nitrogen and oxygen atoms in total. The highest BCUT2D eigenvalue weighted by molar-refractivity contribution is 6.33. The Morgan fingerprint density at radius 1 is 1.07 bits per heavy atom. The quantitative estimate of drug-likeness (QED) is 0.229. The second-order valence-electron chi connectivity index (χ2n) is 9.45. The van der Waals surface area contributed by atoms with Crippen molar-refractivity contribution >= 4 is 17.5 Å². The highest BCUT2D eigenvalue weighted by Gasteiger charge is 2.37. The third-order valence-corrected chi connectivity index (χ3v) is 7.37. The van der Waals surface area contributed by atoms with E-state index in [2.05, 4.69) is 5.16 Å². The molecule has 1 aliphatic rings. The fourth-order valence-electron chi connectivity index (χ4n) is 4.99. The number of methoxy groups -OCH3 is 2. The number of halogens is 4. The highest BCUT2D eigenvalue weighted by atomic mass is 35.5. The van der Waals surface area contributed by atoms with E-state index in [1.807, 2.05) is 6.07 Å². The van der Waals surface area contributed by atoms with E-state index in [0.717, 1.165) is 23.3 Å². The Morgan fingerprint density at radius 3 is 2.51 bits per heavy atom. The molecule has 11 heteroatoms. The van der Waals surface area contributed by atoms with E-state index in [0.29, 0.717) is 46.5 Å². The molecule has 1 aliphatic heterocycles. The van der Waals surface area contributed by atoms with Gasteiger partial charge in [0.05, 0.1) is 30.8 Å². The van der Waals surface area contributed by atoms with Gasteiger partial charge in [-0.25, -0.2) is 0 Å². The minimum Gasteiger partial charge on any atom is -0.493 e. The number of amides is 1. The molecule has 1 aromatic heterocycles. The molecule has 2 heterocycles. The normalized spacial score (nSPS) is 14.9. The fraction of sp³-hybridized carbons (Fsp3) is 0.267. The number of nitrogens with zero attached hydrogens (tertiary/aromatic N) is 2. The van der Waals surface area contributed by atoms with Gasteiger partial charge >= 0.3 is 6.18 Å². The number of carbonyl (C=O) groups excluding carboxylic acids is 1. The summed E-state index contributed by atoms with van der Waals surface area (Å²) < 4.78 is 62.3. The van der Waals surface area contributed by atoms with Gasteiger partial charge < -0.3 is 23.6 Å². The van der Waals surface area contributed by atoms with Crippen molar-refractivity contribution in [1.82, 2.24) is 10.1 Å². The molecule has 1 amide bonds. The maximum atomic E-state index is 14.2. The summed E-state index contributed by atoms with van der Waals surface area (Å²) >= 11 is 6.42. The van der Waals surface area contributed by atoms with E-state index in [1.54, 1.807) is 42.2 Å². The summed E-state index contributed by atoms with van der Waals surface area (Å²) in [6.45, 7) is 1.81. The molecule has 5 rings (SSSR count). The van der Waals surface area contributed by atoms with Crippen LogP contribution in [0.15, 0.2) is 65.2 Å². The third kappa shape index (κ3) is 5.56. The lowest BCUT2D eigenvalue weighted by atomic mass is 9.91. The van der Waals surface area contributed by atoms with Crippen molar-refractivity contribution in [3.05, 3.63) is 93.7 Å². The highest BCUT2D eigenvalue weighted by Crippen LogP contribution is 2.41. The number of rotatable bonds is 7. The van der Waals surface area contributed by atoms with Gasteiger partial charge in [-0.05, 0) is 60.9 Å². The number of hydrogen-bond donors (Lipinski definition) is 0. The van der Waals surface area contributed by atoms with Gasteiger partial charge in [-0.15, -0.1) is 0 Å². The van der Waals surface area contributed by atoms with Gasteiger partial charge in [0.25, 0.3) is 5.91 Å². The largest absolute Gasteiger partial charge is 0.493 e. The standard InChI is InChI=1S/C30H26ClF3N2O5/c1-17-27(28(35-41-17)21-9-4-5-10-23(21)31)29(37)36-12-11-18-13-25(38-2)26(39-3)15-22(18)24(36)16-40-20-8-6-7-19(14-20)30(32,33)34/h4-10,13-15,24H,11-12,16H2,1-3H3. The first-order valence-corrected chi connectivity index (χ1v) is 13.1.